The van der Waals surface area contributed by atoms with Crippen LogP contribution in [0.3, 0.4) is 0 Å². The Bertz CT molecular complexity index is 216. The molecule has 89 valence electrons. The predicted octanol–water partition coefficient (Wildman–Crippen LogP) is 3.53. The summed E-state index contributed by atoms with van der Waals surface area (Å²) in [6.45, 7) is 5.50. The third-order valence-corrected chi connectivity index (χ3v) is 4.93. The molecule has 3 rings (SSSR count). The molecular weight excluding hydrogens is 291 g/mol. The molecule has 2 saturated carbocycles. The molecule has 2 unspecified atom stereocenters. The van der Waals surface area contributed by atoms with Crippen molar-refractivity contribution in [2.45, 2.75) is 37.9 Å². The molecule has 0 bridgehead atoms. The summed E-state index contributed by atoms with van der Waals surface area (Å²) in [5, 5.41) is 1.10. The Balaban J connectivity index is 0.000000151. The summed E-state index contributed by atoms with van der Waals surface area (Å²) in [7, 11) is 0. The third-order valence-electron chi connectivity index (χ3n) is 3.68. The maximum Gasteiger partial charge on any atom is 0.0107 e. The van der Waals surface area contributed by atoms with E-state index in [1.165, 1.54) is 44.1 Å². The summed E-state index contributed by atoms with van der Waals surface area (Å²) >= 11 is 2.07. The third kappa shape index (κ3) is 3.75. The average Bonchev–Trinajstić information content (AvgIpc) is 2.60. The number of thioether (sulfide) groups is 1. The molecule has 2 atom stereocenters. The minimum Gasteiger partial charge on any atom is -0.529 e. The Kier molecular flexibility index (Phi) is 6.99. The number of likely N-dealkylation sites (tertiary alicyclic amines) is 1. The maximum absolute atomic E-state index is 2.24. The van der Waals surface area contributed by atoms with Gasteiger partial charge in [0.25, 0.3) is 0 Å². The fourth-order valence-corrected chi connectivity index (χ4v) is 3.87. The van der Waals surface area contributed by atoms with Crippen molar-refractivity contribution in [2.75, 3.05) is 12.8 Å². The SMILES string of the molecule is CC=CN1[CH-]CCC1.CSC1C2CCC21.[Y]. The molecule has 0 aromatic heterocycles. The smallest absolute Gasteiger partial charge is 0.0107 e. The number of nitrogens with zero attached hydrogens (tertiary/aromatic N) is 1. The van der Waals surface area contributed by atoms with Crippen LogP contribution < -0.4 is 0 Å². The number of hydrogen-bond acceptors (Lipinski definition) is 2. The second-order valence-corrected chi connectivity index (χ2v) is 5.67. The Morgan fingerprint density at radius 3 is 2.31 bits per heavy atom. The van der Waals surface area contributed by atoms with Crippen LogP contribution in [0.15, 0.2) is 12.3 Å². The van der Waals surface area contributed by atoms with E-state index in [2.05, 4.69) is 41.7 Å². The minimum absolute atomic E-state index is 0. The number of fused-ring (bicyclic) bond motifs is 1. The van der Waals surface area contributed by atoms with E-state index in [0.717, 1.165) is 5.25 Å². The van der Waals surface area contributed by atoms with Crippen LogP contribution in [0.25, 0.3) is 0 Å². The van der Waals surface area contributed by atoms with Gasteiger partial charge in [0.15, 0.2) is 0 Å². The van der Waals surface area contributed by atoms with E-state index in [-0.39, 0.29) is 32.7 Å². The van der Waals surface area contributed by atoms with Crippen LogP contribution in [0.4, 0.5) is 0 Å². The van der Waals surface area contributed by atoms with Crippen molar-refractivity contribution >= 4 is 11.8 Å². The van der Waals surface area contributed by atoms with E-state index in [1.54, 1.807) is 0 Å². The first-order valence-electron chi connectivity index (χ1n) is 6.11. The molecular formula is C13H22NSY-. The normalized spacial score (nSPS) is 34.6. The van der Waals surface area contributed by atoms with Gasteiger partial charge in [0.2, 0.25) is 0 Å². The van der Waals surface area contributed by atoms with Crippen LogP contribution in [0.5, 0.6) is 0 Å². The molecule has 3 heteroatoms. The molecule has 1 heterocycles. The van der Waals surface area contributed by atoms with Crippen molar-refractivity contribution in [2.24, 2.45) is 11.8 Å². The van der Waals surface area contributed by atoms with Crippen molar-refractivity contribution in [3.8, 4) is 0 Å². The first-order valence-corrected chi connectivity index (χ1v) is 7.40. The molecule has 1 radical (unpaired) electrons. The molecule has 1 nitrogen and oxygen atoms in total. The number of allylic oxidation sites excluding steroid dienone is 1. The van der Waals surface area contributed by atoms with Crippen LogP contribution in [-0.2, 0) is 32.7 Å². The van der Waals surface area contributed by atoms with Gasteiger partial charge in [0, 0.05) is 38.0 Å². The minimum atomic E-state index is 0. The van der Waals surface area contributed by atoms with Gasteiger partial charge in [-0.05, 0) is 50.6 Å². The summed E-state index contributed by atoms with van der Waals surface area (Å²) in [5.41, 5.74) is 0. The first kappa shape index (κ1) is 15.1. The molecule has 0 spiro atoms. The van der Waals surface area contributed by atoms with Crippen LogP contribution in [0, 0.1) is 18.4 Å². The van der Waals surface area contributed by atoms with E-state index in [9.17, 15) is 0 Å². The van der Waals surface area contributed by atoms with Crippen molar-refractivity contribution in [3.05, 3.63) is 18.8 Å². The molecule has 0 amide bonds. The summed E-state index contributed by atoms with van der Waals surface area (Å²) in [4.78, 5) is 2.24. The first-order chi connectivity index (χ1) is 7.36. The molecule has 0 N–H and O–H groups in total. The molecule has 0 aromatic carbocycles. The zero-order valence-corrected chi connectivity index (χ0v) is 14.1. The van der Waals surface area contributed by atoms with Gasteiger partial charge in [-0.2, -0.15) is 18.2 Å². The van der Waals surface area contributed by atoms with E-state index >= 15 is 0 Å². The Labute approximate surface area is 130 Å². The molecule has 1 aliphatic heterocycles. The molecule has 2 aliphatic carbocycles. The van der Waals surface area contributed by atoms with Gasteiger partial charge in [-0.3, -0.25) is 0 Å². The molecule has 16 heavy (non-hydrogen) atoms. The molecule has 1 saturated heterocycles. The summed E-state index contributed by atoms with van der Waals surface area (Å²) in [5.74, 6) is 2.35. The van der Waals surface area contributed by atoms with Gasteiger partial charge >= 0.3 is 0 Å². The topological polar surface area (TPSA) is 3.24 Å². The van der Waals surface area contributed by atoms with Crippen LogP contribution in [0.1, 0.15) is 32.6 Å². The fourth-order valence-electron chi connectivity index (χ4n) is 2.59. The zero-order valence-electron chi connectivity index (χ0n) is 10.4. The van der Waals surface area contributed by atoms with Crippen molar-refractivity contribution in [1.29, 1.82) is 0 Å². The van der Waals surface area contributed by atoms with Gasteiger partial charge in [-0.15, -0.1) is 0 Å². The van der Waals surface area contributed by atoms with Crippen LogP contribution in [-0.4, -0.2) is 23.0 Å². The Morgan fingerprint density at radius 2 is 2.00 bits per heavy atom. The summed E-state index contributed by atoms with van der Waals surface area (Å²) in [6, 6.07) is 0. The van der Waals surface area contributed by atoms with Gasteiger partial charge in [-0.1, -0.05) is 12.5 Å². The van der Waals surface area contributed by atoms with Gasteiger partial charge < -0.3 is 4.90 Å². The van der Waals surface area contributed by atoms with Gasteiger partial charge in [-0.25, -0.2) is 6.54 Å². The molecule has 0 aromatic rings. The standard InChI is InChI=1S/C7H12N.C6H10S.Y/c1-2-5-8-6-3-4-7-8;1-7-6-4-2-3-5(4)6;/h2,5-6H,3-4,7H2,1H3;4-6H,2-3H2,1H3;/q-1;;. The van der Waals surface area contributed by atoms with Gasteiger partial charge in [0.05, 0.1) is 0 Å². The Hall–Kier alpha value is 0.994. The van der Waals surface area contributed by atoms with Crippen LogP contribution in [0.2, 0.25) is 0 Å². The van der Waals surface area contributed by atoms with Crippen LogP contribution >= 0.6 is 11.8 Å². The second-order valence-electron chi connectivity index (χ2n) is 4.65. The number of hydrogen-bond donors (Lipinski definition) is 0. The Morgan fingerprint density at radius 1 is 1.31 bits per heavy atom. The molecule has 3 fully saturated rings. The summed E-state index contributed by atoms with van der Waals surface area (Å²) in [6.07, 6.45) is 12.1. The predicted molar refractivity (Wildman–Crippen MR) is 68.6 cm³/mol. The van der Waals surface area contributed by atoms with E-state index in [0.29, 0.717) is 0 Å². The fraction of sp³-hybridized carbons (Fsp3) is 0.769. The maximum atomic E-state index is 2.24. The van der Waals surface area contributed by atoms with Gasteiger partial charge in [0.1, 0.15) is 0 Å². The average molecular weight is 313 g/mol. The monoisotopic (exact) mass is 313 g/mol. The quantitative estimate of drug-likeness (QED) is 0.718. The van der Waals surface area contributed by atoms with E-state index in [4.69, 9.17) is 0 Å². The van der Waals surface area contributed by atoms with Crippen molar-refractivity contribution in [1.82, 2.24) is 4.90 Å². The molecule has 3 aliphatic rings. The largest absolute Gasteiger partial charge is 0.529 e. The number of rotatable bonds is 2. The second kappa shape index (κ2) is 7.43. The zero-order chi connectivity index (χ0) is 10.7. The summed E-state index contributed by atoms with van der Waals surface area (Å²) < 4.78 is 0. The van der Waals surface area contributed by atoms with E-state index < -0.39 is 0 Å². The van der Waals surface area contributed by atoms with Crippen molar-refractivity contribution in [3.63, 3.8) is 0 Å². The van der Waals surface area contributed by atoms with Crippen molar-refractivity contribution < 1.29 is 32.7 Å². The van der Waals surface area contributed by atoms with E-state index in [1.807, 2.05) is 6.92 Å².